The van der Waals surface area contributed by atoms with Gasteiger partial charge in [0.2, 0.25) is 5.91 Å². The maximum Gasteiger partial charge on any atom is 0.266 e. The molecule has 7 heteroatoms. The van der Waals surface area contributed by atoms with Crippen molar-refractivity contribution < 1.29 is 9.59 Å². The first kappa shape index (κ1) is 15.7. The van der Waals surface area contributed by atoms with Crippen LogP contribution in [0.25, 0.3) is 0 Å². The zero-order valence-corrected chi connectivity index (χ0v) is 14.3. The van der Waals surface area contributed by atoms with Crippen LogP contribution in [0.4, 0.5) is 0 Å². The van der Waals surface area contributed by atoms with Crippen molar-refractivity contribution in [1.82, 2.24) is 14.8 Å². The third kappa shape index (κ3) is 3.13. The van der Waals surface area contributed by atoms with E-state index in [0.29, 0.717) is 28.0 Å². The summed E-state index contributed by atoms with van der Waals surface area (Å²) in [6, 6.07) is 0.114. The third-order valence-electron chi connectivity index (χ3n) is 4.46. The van der Waals surface area contributed by atoms with Gasteiger partial charge in [-0.2, -0.15) is 0 Å². The molecule has 0 aromatic carbocycles. The highest BCUT2D eigenvalue weighted by molar-refractivity contribution is 7.17. The Labute approximate surface area is 139 Å². The Balaban J connectivity index is 1.75. The van der Waals surface area contributed by atoms with Crippen LogP contribution in [0.2, 0.25) is 4.47 Å². The minimum Gasteiger partial charge on any atom is -0.341 e. The smallest absolute Gasteiger partial charge is 0.266 e. The van der Waals surface area contributed by atoms with E-state index in [0.717, 1.165) is 38.8 Å². The zero-order valence-electron chi connectivity index (χ0n) is 12.7. The Morgan fingerprint density at radius 2 is 2.18 bits per heavy atom. The van der Waals surface area contributed by atoms with Crippen LogP contribution in [0.5, 0.6) is 0 Å². The topological polar surface area (TPSA) is 53.5 Å². The second kappa shape index (κ2) is 6.54. The van der Waals surface area contributed by atoms with Crippen molar-refractivity contribution >= 4 is 34.8 Å². The predicted molar refractivity (Wildman–Crippen MR) is 86.4 cm³/mol. The highest BCUT2D eigenvalue weighted by Crippen LogP contribution is 2.27. The van der Waals surface area contributed by atoms with Crippen LogP contribution in [-0.4, -0.2) is 52.3 Å². The Morgan fingerprint density at radius 1 is 1.36 bits per heavy atom. The van der Waals surface area contributed by atoms with Crippen molar-refractivity contribution in [2.24, 2.45) is 0 Å². The molecule has 0 spiro atoms. The molecule has 120 valence electrons. The van der Waals surface area contributed by atoms with Crippen LogP contribution < -0.4 is 0 Å². The largest absolute Gasteiger partial charge is 0.341 e. The fraction of sp³-hybridized carbons (Fsp3) is 0.667. The van der Waals surface area contributed by atoms with Gasteiger partial charge in [-0.05, 0) is 32.6 Å². The van der Waals surface area contributed by atoms with Crippen molar-refractivity contribution in [2.45, 2.75) is 45.1 Å². The van der Waals surface area contributed by atoms with Crippen LogP contribution in [0.15, 0.2) is 0 Å². The van der Waals surface area contributed by atoms with Gasteiger partial charge in [0.25, 0.3) is 5.91 Å². The minimum absolute atomic E-state index is 0.0123. The molecule has 22 heavy (non-hydrogen) atoms. The molecular formula is C15H20ClN3O2S. The maximum atomic E-state index is 12.8. The number of carbonyl (C=O) groups is 2. The molecule has 2 aliphatic heterocycles. The summed E-state index contributed by atoms with van der Waals surface area (Å²) in [5.41, 5.74) is 0.696. The molecule has 0 aliphatic carbocycles. The highest BCUT2D eigenvalue weighted by Gasteiger charge is 2.33. The van der Waals surface area contributed by atoms with E-state index in [9.17, 15) is 9.59 Å². The van der Waals surface area contributed by atoms with Gasteiger partial charge in [0.05, 0.1) is 5.69 Å². The molecule has 5 nitrogen and oxygen atoms in total. The van der Waals surface area contributed by atoms with Gasteiger partial charge in [0.1, 0.15) is 4.88 Å². The van der Waals surface area contributed by atoms with Crippen molar-refractivity contribution in [3.05, 3.63) is 15.0 Å². The number of amides is 2. The van der Waals surface area contributed by atoms with Gasteiger partial charge in [0, 0.05) is 32.1 Å². The summed E-state index contributed by atoms with van der Waals surface area (Å²) in [6.45, 7) is 4.05. The summed E-state index contributed by atoms with van der Waals surface area (Å²) in [5.74, 6) is 0.230. The fourth-order valence-electron chi connectivity index (χ4n) is 3.30. The molecule has 2 amide bonds. The van der Waals surface area contributed by atoms with Crippen molar-refractivity contribution in [3.63, 3.8) is 0 Å². The van der Waals surface area contributed by atoms with Gasteiger partial charge in [0.15, 0.2) is 4.47 Å². The lowest BCUT2D eigenvalue weighted by atomic mass is 10.0. The summed E-state index contributed by atoms with van der Waals surface area (Å²) in [5, 5.41) is 0. The first-order valence-corrected chi connectivity index (χ1v) is 8.97. The number of hydrogen-bond acceptors (Lipinski definition) is 4. The van der Waals surface area contributed by atoms with Gasteiger partial charge < -0.3 is 9.80 Å². The molecular weight excluding hydrogens is 322 g/mol. The number of nitrogens with zero attached hydrogens (tertiary/aromatic N) is 3. The molecule has 2 fully saturated rings. The molecule has 3 heterocycles. The van der Waals surface area contributed by atoms with E-state index >= 15 is 0 Å². The van der Waals surface area contributed by atoms with Crippen LogP contribution in [-0.2, 0) is 4.79 Å². The third-order valence-corrected chi connectivity index (χ3v) is 5.71. The number of hydrogen-bond donors (Lipinski definition) is 0. The summed E-state index contributed by atoms with van der Waals surface area (Å²) < 4.78 is 0.407. The Bertz CT molecular complexity index is 589. The van der Waals surface area contributed by atoms with Crippen molar-refractivity contribution in [3.8, 4) is 0 Å². The first-order chi connectivity index (χ1) is 10.6. The average Bonchev–Trinajstić information content (AvgIpc) is 3.04. The normalized spacial score (nSPS) is 22.5. The number of carbonyl (C=O) groups excluding carboxylic acids is 2. The van der Waals surface area contributed by atoms with Crippen molar-refractivity contribution in [2.75, 3.05) is 19.6 Å². The second-order valence-electron chi connectivity index (χ2n) is 5.97. The van der Waals surface area contributed by atoms with Gasteiger partial charge in [-0.15, -0.1) is 0 Å². The lowest BCUT2D eigenvalue weighted by Crippen LogP contribution is -2.49. The number of piperidine rings is 1. The van der Waals surface area contributed by atoms with E-state index in [1.165, 1.54) is 11.3 Å². The number of halogens is 1. The zero-order chi connectivity index (χ0) is 15.7. The van der Waals surface area contributed by atoms with Crippen LogP contribution in [0.1, 0.15) is 47.5 Å². The first-order valence-electron chi connectivity index (χ1n) is 7.78. The monoisotopic (exact) mass is 341 g/mol. The molecule has 0 radical (unpaired) electrons. The van der Waals surface area contributed by atoms with Crippen LogP contribution >= 0.6 is 22.9 Å². The summed E-state index contributed by atoms with van der Waals surface area (Å²) in [4.78, 5) is 33.3. The molecule has 1 atom stereocenters. The van der Waals surface area contributed by atoms with Gasteiger partial charge in [-0.1, -0.05) is 22.9 Å². The average molecular weight is 342 g/mol. The lowest BCUT2D eigenvalue weighted by molar-refractivity contribution is -0.128. The highest BCUT2D eigenvalue weighted by atomic mass is 35.5. The molecule has 0 bridgehead atoms. The maximum absolute atomic E-state index is 12.8. The Kier molecular flexibility index (Phi) is 4.68. The van der Waals surface area contributed by atoms with E-state index in [1.54, 1.807) is 0 Å². The SMILES string of the molecule is Cc1nc(Cl)sc1C(=O)N1CCCCC1CN1CCCC1=O. The Morgan fingerprint density at radius 3 is 2.82 bits per heavy atom. The number of rotatable bonds is 3. The molecule has 1 unspecified atom stereocenters. The number of thiazole rings is 1. The number of aryl methyl sites for hydroxylation is 1. The molecule has 0 N–H and O–H groups in total. The predicted octanol–water partition coefficient (Wildman–Crippen LogP) is 2.72. The molecule has 3 rings (SSSR count). The molecule has 0 saturated carbocycles. The van der Waals surface area contributed by atoms with Gasteiger partial charge >= 0.3 is 0 Å². The Hall–Kier alpha value is -1.14. The van der Waals surface area contributed by atoms with Crippen molar-refractivity contribution in [1.29, 1.82) is 0 Å². The summed E-state index contributed by atoms with van der Waals surface area (Å²) in [7, 11) is 0. The standard InChI is InChI=1S/C15H20ClN3O2S/c1-10-13(22-15(16)17-10)14(21)19-8-3-2-5-11(19)9-18-7-4-6-12(18)20/h11H,2-9H2,1H3. The van der Waals surface area contributed by atoms with Crippen LogP contribution in [0.3, 0.4) is 0 Å². The van der Waals surface area contributed by atoms with Crippen LogP contribution in [0, 0.1) is 6.92 Å². The van der Waals surface area contributed by atoms with E-state index in [2.05, 4.69) is 4.98 Å². The fourth-order valence-corrected chi connectivity index (χ4v) is 4.41. The minimum atomic E-state index is 0.0123. The lowest BCUT2D eigenvalue weighted by Gasteiger charge is -2.37. The second-order valence-corrected chi connectivity index (χ2v) is 7.55. The van der Waals surface area contributed by atoms with Gasteiger partial charge in [-0.25, -0.2) is 4.98 Å². The molecule has 2 aliphatic rings. The quantitative estimate of drug-likeness (QED) is 0.849. The molecule has 2 saturated heterocycles. The number of aromatic nitrogens is 1. The van der Waals surface area contributed by atoms with E-state index in [1.807, 2.05) is 16.7 Å². The number of likely N-dealkylation sites (tertiary alicyclic amines) is 2. The summed E-state index contributed by atoms with van der Waals surface area (Å²) >= 11 is 7.17. The van der Waals surface area contributed by atoms with E-state index in [-0.39, 0.29) is 17.9 Å². The van der Waals surface area contributed by atoms with E-state index < -0.39 is 0 Å². The summed E-state index contributed by atoms with van der Waals surface area (Å²) in [6.07, 6.45) is 4.66. The molecule has 1 aromatic heterocycles. The van der Waals surface area contributed by atoms with E-state index in [4.69, 9.17) is 11.6 Å². The molecule has 1 aromatic rings. The van der Waals surface area contributed by atoms with Gasteiger partial charge in [-0.3, -0.25) is 9.59 Å².